The third kappa shape index (κ3) is 3.04. The first-order valence-electron chi connectivity index (χ1n) is 7.46. The van der Waals surface area contributed by atoms with Crippen molar-refractivity contribution in [3.8, 4) is 0 Å². The van der Waals surface area contributed by atoms with E-state index in [1.165, 1.54) is 13.0 Å². The van der Waals surface area contributed by atoms with Crippen LogP contribution < -0.4 is 5.32 Å². The molecule has 0 saturated carbocycles. The lowest BCUT2D eigenvalue weighted by atomic mass is 9.97. The summed E-state index contributed by atoms with van der Waals surface area (Å²) in [5, 5.41) is 3.15. The summed E-state index contributed by atoms with van der Waals surface area (Å²) in [6, 6.07) is 0.550. The average molecular weight is 253 g/mol. The second-order valence-electron chi connectivity index (χ2n) is 5.59. The van der Waals surface area contributed by atoms with Gasteiger partial charge < -0.3 is 15.1 Å². The minimum absolute atomic E-state index is 0.0624. The maximum atomic E-state index is 12.3. The fourth-order valence-electron chi connectivity index (χ4n) is 3.30. The van der Waals surface area contributed by atoms with E-state index >= 15 is 0 Å². The van der Waals surface area contributed by atoms with E-state index < -0.39 is 0 Å². The van der Waals surface area contributed by atoms with Gasteiger partial charge in [0.2, 0.25) is 5.91 Å². The largest absolute Gasteiger partial charge is 0.338 e. The fraction of sp³-hybridized carbons (Fsp3) is 0.929. The maximum Gasteiger partial charge on any atom is 0.239 e. The van der Waals surface area contributed by atoms with Gasteiger partial charge in [0.15, 0.2) is 0 Å². The summed E-state index contributed by atoms with van der Waals surface area (Å²) in [5.74, 6) is 0.331. The van der Waals surface area contributed by atoms with Gasteiger partial charge in [0.05, 0.1) is 6.04 Å². The van der Waals surface area contributed by atoms with E-state index in [1.54, 1.807) is 0 Å². The van der Waals surface area contributed by atoms with E-state index in [-0.39, 0.29) is 6.04 Å². The zero-order chi connectivity index (χ0) is 13.0. The summed E-state index contributed by atoms with van der Waals surface area (Å²) >= 11 is 0. The van der Waals surface area contributed by atoms with Crippen LogP contribution in [0, 0.1) is 0 Å². The van der Waals surface area contributed by atoms with Gasteiger partial charge in [-0.05, 0) is 45.7 Å². The molecule has 1 atom stereocenters. The first-order valence-corrected chi connectivity index (χ1v) is 7.46. The molecule has 4 nitrogen and oxygen atoms in total. The summed E-state index contributed by atoms with van der Waals surface area (Å²) in [5.41, 5.74) is 0. The molecule has 2 saturated heterocycles. The highest BCUT2D eigenvalue weighted by Gasteiger charge is 2.33. The first-order chi connectivity index (χ1) is 8.76. The van der Waals surface area contributed by atoms with Crippen molar-refractivity contribution in [3.05, 3.63) is 0 Å². The van der Waals surface area contributed by atoms with Gasteiger partial charge in [-0.3, -0.25) is 4.79 Å². The number of carbonyl (C=O) groups is 1. The lowest BCUT2D eigenvalue weighted by molar-refractivity contribution is -0.139. The number of hydrogen-bond acceptors (Lipinski definition) is 3. The molecule has 0 aliphatic carbocycles. The second kappa shape index (κ2) is 6.53. The van der Waals surface area contributed by atoms with Gasteiger partial charge in [0.1, 0.15) is 0 Å². The number of rotatable bonds is 4. The summed E-state index contributed by atoms with van der Waals surface area (Å²) in [6.07, 6.45) is 5.69. The van der Waals surface area contributed by atoms with Crippen molar-refractivity contribution in [3.63, 3.8) is 0 Å². The lowest BCUT2D eigenvalue weighted by Crippen LogP contribution is -2.55. The van der Waals surface area contributed by atoms with Crippen LogP contribution in [0.25, 0.3) is 0 Å². The van der Waals surface area contributed by atoms with E-state index in [0.29, 0.717) is 11.9 Å². The van der Waals surface area contributed by atoms with E-state index in [1.807, 2.05) is 7.05 Å². The molecule has 1 unspecified atom stereocenters. The molecule has 2 aliphatic heterocycles. The number of likely N-dealkylation sites (tertiary alicyclic amines) is 2. The zero-order valence-corrected chi connectivity index (χ0v) is 11.8. The first kappa shape index (κ1) is 13.8. The van der Waals surface area contributed by atoms with Crippen LogP contribution in [0.3, 0.4) is 0 Å². The van der Waals surface area contributed by atoms with Crippen LogP contribution in [0.2, 0.25) is 0 Å². The Hall–Kier alpha value is -0.610. The van der Waals surface area contributed by atoms with Crippen molar-refractivity contribution in [2.24, 2.45) is 0 Å². The minimum atomic E-state index is 0.0624. The standard InChI is InChI=1S/C14H27N3O/c1-3-8-16-10-6-12(7-11-16)17-9-4-5-13(15-2)14(17)18/h12-13,15H,3-11H2,1-2H3. The van der Waals surface area contributed by atoms with Gasteiger partial charge in [-0.25, -0.2) is 0 Å². The average Bonchev–Trinajstić information content (AvgIpc) is 2.41. The molecule has 0 spiro atoms. The molecule has 2 fully saturated rings. The van der Waals surface area contributed by atoms with Crippen LogP contribution >= 0.6 is 0 Å². The van der Waals surface area contributed by atoms with Crippen LogP contribution in [0.4, 0.5) is 0 Å². The Morgan fingerprint density at radius 2 is 1.94 bits per heavy atom. The predicted molar refractivity (Wildman–Crippen MR) is 73.5 cm³/mol. The van der Waals surface area contributed by atoms with Crippen LogP contribution in [0.5, 0.6) is 0 Å². The molecule has 4 heteroatoms. The fourth-order valence-corrected chi connectivity index (χ4v) is 3.30. The molecule has 0 aromatic heterocycles. The monoisotopic (exact) mass is 253 g/mol. The Kier molecular flexibility index (Phi) is 5.01. The summed E-state index contributed by atoms with van der Waals surface area (Å²) in [7, 11) is 1.90. The van der Waals surface area contributed by atoms with Gasteiger partial charge in [-0.15, -0.1) is 0 Å². The van der Waals surface area contributed by atoms with Crippen LogP contribution in [0.1, 0.15) is 39.0 Å². The van der Waals surface area contributed by atoms with E-state index in [9.17, 15) is 4.79 Å². The number of nitrogens with one attached hydrogen (secondary N) is 1. The van der Waals surface area contributed by atoms with Gasteiger partial charge in [-0.1, -0.05) is 6.92 Å². The summed E-state index contributed by atoms with van der Waals surface area (Å²) in [6.45, 7) is 6.73. The minimum Gasteiger partial charge on any atom is -0.338 e. The van der Waals surface area contributed by atoms with Crippen molar-refractivity contribution in [2.45, 2.75) is 51.1 Å². The zero-order valence-electron chi connectivity index (χ0n) is 11.8. The molecule has 2 aliphatic rings. The number of likely N-dealkylation sites (N-methyl/N-ethyl adjacent to an activating group) is 1. The highest BCUT2D eigenvalue weighted by atomic mass is 16.2. The van der Waals surface area contributed by atoms with Gasteiger partial charge in [0.25, 0.3) is 0 Å². The maximum absolute atomic E-state index is 12.3. The van der Waals surface area contributed by atoms with Crippen LogP contribution in [-0.2, 0) is 4.79 Å². The number of amides is 1. The molecule has 104 valence electrons. The second-order valence-corrected chi connectivity index (χ2v) is 5.59. The SMILES string of the molecule is CCCN1CCC(N2CCCC(NC)C2=O)CC1. The number of piperidine rings is 2. The van der Waals surface area contributed by atoms with Crippen molar-refractivity contribution < 1.29 is 4.79 Å². The molecule has 1 N–H and O–H groups in total. The molecule has 2 heterocycles. The molecule has 0 radical (unpaired) electrons. The number of hydrogen-bond donors (Lipinski definition) is 1. The van der Waals surface area contributed by atoms with Crippen molar-refractivity contribution in [2.75, 3.05) is 33.2 Å². The Morgan fingerprint density at radius 3 is 2.56 bits per heavy atom. The van der Waals surface area contributed by atoms with E-state index in [0.717, 1.165) is 45.3 Å². The van der Waals surface area contributed by atoms with Gasteiger partial charge >= 0.3 is 0 Å². The highest BCUT2D eigenvalue weighted by Crippen LogP contribution is 2.22. The third-order valence-electron chi connectivity index (χ3n) is 4.36. The molecule has 0 bridgehead atoms. The topological polar surface area (TPSA) is 35.6 Å². The van der Waals surface area contributed by atoms with E-state index in [4.69, 9.17) is 0 Å². The number of nitrogens with zero attached hydrogens (tertiary/aromatic N) is 2. The highest BCUT2D eigenvalue weighted by molar-refractivity contribution is 5.82. The van der Waals surface area contributed by atoms with Gasteiger partial charge in [0, 0.05) is 25.7 Å². The van der Waals surface area contributed by atoms with Crippen LogP contribution in [-0.4, -0.2) is 61.0 Å². The smallest absolute Gasteiger partial charge is 0.239 e. The molecule has 2 rings (SSSR count). The molecule has 0 aromatic carbocycles. The van der Waals surface area contributed by atoms with Gasteiger partial charge in [-0.2, -0.15) is 0 Å². The van der Waals surface area contributed by atoms with Crippen LogP contribution in [0.15, 0.2) is 0 Å². The predicted octanol–water partition coefficient (Wildman–Crippen LogP) is 1.07. The van der Waals surface area contributed by atoms with E-state index in [2.05, 4.69) is 22.0 Å². The molecule has 0 aromatic rings. The molecular formula is C14H27N3O. The van der Waals surface area contributed by atoms with Crippen molar-refractivity contribution >= 4 is 5.91 Å². The normalized spacial score (nSPS) is 27.8. The Morgan fingerprint density at radius 1 is 1.22 bits per heavy atom. The Bertz CT molecular complexity index is 274. The quantitative estimate of drug-likeness (QED) is 0.814. The third-order valence-corrected chi connectivity index (χ3v) is 4.36. The summed E-state index contributed by atoms with van der Waals surface area (Å²) < 4.78 is 0. The molecular weight excluding hydrogens is 226 g/mol. The Labute approximate surface area is 111 Å². The Balaban J connectivity index is 1.86. The lowest BCUT2D eigenvalue weighted by Gasteiger charge is -2.42. The van der Waals surface area contributed by atoms with Crippen molar-refractivity contribution in [1.82, 2.24) is 15.1 Å². The van der Waals surface area contributed by atoms with Crippen molar-refractivity contribution in [1.29, 1.82) is 0 Å². The number of carbonyl (C=O) groups excluding carboxylic acids is 1. The summed E-state index contributed by atoms with van der Waals surface area (Å²) in [4.78, 5) is 17.0. The molecule has 1 amide bonds. The molecule has 18 heavy (non-hydrogen) atoms.